The number of hydrogen-bond acceptors (Lipinski definition) is 2. The van der Waals surface area contributed by atoms with Crippen LogP contribution < -0.4 is 5.32 Å². The van der Waals surface area contributed by atoms with Crippen LogP contribution in [0.2, 0.25) is 0 Å². The van der Waals surface area contributed by atoms with Crippen molar-refractivity contribution in [2.24, 2.45) is 0 Å². The summed E-state index contributed by atoms with van der Waals surface area (Å²) in [5.41, 5.74) is 2.57. The zero-order valence-electron chi connectivity index (χ0n) is 10.8. The van der Waals surface area contributed by atoms with Gasteiger partial charge < -0.3 is 15.0 Å². The van der Waals surface area contributed by atoms with Crippen LogP contribution >= 0.6 is 0 Å². The summed E-state index contributed by atoms with van der Waals surface area (Å²) in [5.74, 6) is 0. The quantitative estimate of drug-likeness (QED) is 0.882. The van der Waals surface area contributed by atoms with Gasteiger partial charge in [0.2, 0.25) is 0 Å². The third kappa shape index (κ3) is 3.47. The monoisotopic (exact) mass is 248 g/mol. The van der Waals surface area contributed by atoms with Gasteiger partial charge in [-0.2, -0.15) is 0 Å². The molecule has 1 N–H and O–H groups in total. The molecule has 0 aliphatic carbocycles. The second-order valence-electron chi connectivity index (χ2n) is 4.51. The zero-order chi connectivity index (χ0) is 12.8. The highest BCUT2D eigenvalue weighted by molar-refractivity contribution is 5.74. The van der Waals surface area contributed by atoms with E-state index < -0.39 is 0 Å². The minimum atomic E-state index is 0.0203. The van der Waals surface area contributed by atoms with Gasteiger partial charge in [-0.3, -0.25) is 0 Å². The lowest BCUT2D eigenvalue weighted by molar-refractivity contribution is 0.0533. The van der Waals surface area contributed by atoms with Crippen LogP contribution in [-0.4, -0.2) is 43.8 Å². The first-order valence-electron chi connectivity index (χ1n) is 6.42. The number of nitrogens with one attached hydrogen (secondary N) is 1. The molecule has 1 aromatic rings. The van der Waals surface area contributed by atoms with Crippen molar-refractivity contribution in [2.75, 3.05) is 32.8 Å². The molecule has 1 saturated heterocycles. The topological polar surface area (TPSA) is 41.6 Å². The number of amides is 2. The summed E-state index contributed by atoms with van der Waals surface area (Å²) in [5, 5.41) is 2.96. The van der Waals surface area contributed by atoms with Crippen LogP contribution in [0.25, 0.3) is 0 Å². The highest BCUT2D eigenvalue weighted by Crippen LogP contribution is 2.07. The van der Waals surface area contributed by atoms with Gasteiger partial charge in [-0.1, -0.05) is 24.3 Å². The third-order valence-corrected chi connectivity index (χ3v) is 3.23. The highest BCUT2D eigenvalue weighted by atomic mass is 16.5. The van der Waals surface area contributed by atoms with E-state index in [2.05, 4.69) is 24.4 Å². The van der Waals surface area contributed by atoms with Crippen LogP contribution in [0, 0.1) is 6.92 Å². The third-order valence-electron chi connectivity index (χ3n) is 3.23. The average molecular weight is 248 g/mol. The summed E-state index contributed by atoms with van der Waals surface area (Å²) in [6.45, 7) is 5.45. The van der Waals surface area contributed by atoms with Crippen molar-refractivity contribution in [3.63, 3.8) is 0 Å². The average Bonchev–Trinajstić information content (AvgIpc) is 2.42. The normalized spacial score (nSPS) is 15.5. The van der Waals surface area contributed by atoms with Crippen molar-refractivity contribution >= 4 is 6.03 Å². The Labute approximate surface area is 108 Å². The molecule has 18 heavy (non-hydrogen) atoms. The Balaban J connectivity index is 1.75. The maximum absolute atomic E-state index is 11.8. The second kappa shape index (κ2) is 6.40. The fourth-order valence-corrected chi connectivity index (χ4v) is 2.07. The Morgan fingerprint density at radius 1 is 1.33 bits per heavy atom. The minimum absolute atomic E-state index is 0.0203. The van der Waals surface area contributed by atoms with Gasteiger partial charge in [0.25, 0.3) is 0 Å². The lowest BCUT2D eigenvalue weighted by Crippen LogP contribution is -2.46. The largest absolute Gasteiger partial charge is 0.378 e. The van der Waals surface area contributed by atoms with Crippen molar-refractivity contribution in [3.05, 3.63) is 35.4 Å². The number of carbonyl (C=O) groups excluding carboxylic acids is 1. The molecule has 0 unspecified atom stereocenters. The van der Waals surface area contributed by atoms with E-state index in [0.29, 0.717) is 32.8 Å². The Hall–Kier alpha value is -1.55. The molecule has 98 valence electrons. The van der Waals surface area contributed by atoms with E-state index in [1.54, 1.807) is 4.90 Å². The maximum Gasteiger partial charge on any atom is 0.317 e. The molecular weight excluding hydrogens is 228 g/mol. The van der Waals surface area contributed by atoms with Gasteiger partial charge in [0.15, 0.2) is 0 Å². The van der Waals surface area contributed by atoms with E-state index in [1.165, 1.54) is 11.1 Å². The lowest BCUT2D eigenvalue weighted by Gasteiger charge is -2.26. The van der Waals surface area contributed by atoms with E-state index in [4.69, 9.17) is 4.74 Å². The van der Waals surface area contributed by atoms with Crippen molar-refractivity contribution < 1.29 is 9.53 Å². The molecule has 1 heterocycles. The van der Waals surface area contributed by atoms with Crippen LogP contribution in [-0.2, 0) is 11.2 Å². The minimum Gasteiger partial charge on any atom is -0.378 e. The number of urea groups is 1. The molecular formula is C14H20N2O2. The lowest BCUT2D eigenvalue weighted by atomic mass is 10.1. The summed E-state index contributed by atoms with van der Waals surface area (Å²) in [4.78, 5) is 13.6. The van der Waals surface area contributed by atoms with E-state index in [9.17, 15) is 4.79 Å². The van der Waals surface area contributed by atoms with Gasteiger partial charge >= 0.3 is 6.03 Å². The number of carbonyl (C=O) groups is 1. The fourth-order valence-electron chi connectivity index (χ4n) is 2.07. The fraction of sp³-hybridized carbons (Fsp3) is 0.500. The molecule has 2 amide bonds. The molecule has 0 aromatic heterocycles. The van der Waals surface area contributed by atoms with Crippen LogP contribution in [0.5, 0.6) is 0 Å². The first kappa shape index (κ1) is 12.9. The number of hydrogen-bond donors (Lipinski definition) is 1. The molecule has 1 aliphatic rings. The molecule has 0 saturated carbocycles. The van der Waals surface area contributed by atoms with Gasteiger partial charge in [0.05, 0.1) is 13.2 Å². The molecule has 0 bridgehead atoms. The molecule has 0 spiro atoms. The van der Waals surface area contributed by atoms with E-state index in [1.807, 2.05) is 12.1 Å². The summed E-state index contributed by atoms with van der Waals surface area (Å²) >= 11 is 0. The summed E-state index contributed by atoms with van der Waals surface area (Å²) in [7, 11) is 0. The summed E-state index contributed by atoms with van der Waals surface area (Å²) < 4.78 is 5.22. The standard InChI is InChI=1S/C14H20N2O2/c1-12-4-2-3-5-13(12)6-7-15-14(17)16-8-10-18-11-9-16/h2-5H,6-11H2,1H3,(H,15,17). The number of nitrogens with zero attached hydrogens (tertiary/aromatic N) is 1. The predicted octanol–water partition coefficient (Wildman–Crippen LogP) is 1.58. The smallest absolute Gasteiger partial charge is 0.317 e. The van der Waals surface area contributed by atoms with Crippen molar-refractivity contribution in [1.29, 1.82) is 0 Å². The van der Waals surface area contributed by atoms with E-state index in [0.717, 1.165) is 6.42 Å². The summed E-state index contributed by atoms with van der Waals surface area (Å²) in [6.07, 6.45) is 0.878. The molecule has 2 rings (SSSR count). The van der Waals surface area contributed by atoms with Crippen LogP contribution in [0.15, 0.2) is 24.3 Å². The van der Waals surface area contributed by atoms with Gasteiger partial charge in [0, 0.05) is 19.6 Å². The van der Waals surface area contributed by atoms with E-state index in [-0.39, 0.29) is 6.03 Å². The molecule has 4 nitrogen and oxygen atoms in total. The van der Waals surface area contributed by atoms with Crippen molar-refractivity contribution in [1.82, 2.24) is 10.2 Å². The second-order valence-corrected chi connectivity index (χ2v) is 4.51. The number of aryl methyl sites for hydroxylation is 1. The molecule has 0 radical (unpaired) electrons. The number of rotatable bonds is 3. The Kier molecular flexibility index (Phi) is 4.59. The molecule has 4 heteroatoms. The Morgan fingerprint density at radius 2 is 2.06 bits per heavy atom. The molecule has 1 fully saturated rings. The number of ether oxygens (including phenoxy) is 1. The van der Waals surface area contributed by atoms with Gasteiger partial charge in [-0.15, -0.1) is 0 Å². The molecule has 1 aliphatic heterocycles. The summed E-state index contributed by atoms with van der Waals surface area (Å²) in [6, 6.07) is 8.29. The van der Waals surface area contributed by atoms with Gasteiger partial charge in [0.1, 0.15) is 0 Å². The van der Waals surface area contributed by atoms with E-state index >= 15 is 0 Å². The zero-order valence-corrected chi connectivity index (χ0v) is 10.8. The molecule has 0 atom stereocenters. The van der Waals surface area contributed by atoms with Gasteiger partial charge in [-0.05, 0) is 24.5 Å². The predicted molar refractivity (Wildman–Crippen MR) is 70.7 cm³/mol. The van der Waals surface area contributed by atoms with Crippen LogP contribution in [0.3, 0.4) is 0 Å². The number of benzene rings is 1. The van der Waals surface area contributed by atoms with Crippen LogP contribution in [0.1, 0.15) is 11.1 Å². The van der Waals surface area contributed by atoms with Crippen molar-refractivity contribution in [2.45, 2.75) is 13.3 Å². The maximum atomic E-state index is 11.8. The first-order chi connectivity index (χ1) is 8.77. The first-order valence-corrected chi connectivity index (χ1v) is 6.42. The van der Waals surface area contributed by atoms with Crippen LogP contribution in [0.4, 0.5) is 4.79 Å². The van der Waals surface area contributed by atoms with Crippen molar-refractivity contribution in [3.8, 4) is 0 Å². The Bertz CT molecular complexity index is 401. The molecule has 1 aromatic carbocycles. The highest BCUT2D eigenvalue weighted by Gasteiger charge is 2.15. The van der Waals surface area contributed by atoms with Gasteiger partial charge in [-0.25, -0.2) is 4.79 Å². The number of morpholine rings is 1. The Morgan fingerprint density at radius 3 is 2.78 bits per heavy atom. The SMILES string of the molecule is Cc1ccccc1CCNC(=O)N1CCOCC1.